The highest BCUT2D eigenvalue weighted by Gasteiger charge is 2.39. The number of benzene rings is 1. The summed E-state index contributed by atoms with van der Waals surface area (Å²) in [4.78, 5) is 2.71. The molecule has 3 rings (SSSR count). The van der Waals surface area contributed by atoms with E-state index < -0.39 is 0 Å². The molecule has 1 aromatic rings. The maximum atomic E-state index is 5.90. The molecule has 1 aromatic carbocycles. The van der Waals surface area contributed by atoms with E-state index in [0.717, 1.165) is 31.9 Å². The van der Waals surface area contributed by atoms with Gasteiger partial charge in [0.2, 0.25) is 0 Å². The molecule has 1 saturated carbocycles. The molecule has 3 nitrogen and oxygen atoms in total. The van der Waals surface area contributed by atoms with Crippen molar-refractivity contribution in [3.05, 3.63) is 29.8 Å². The summed E-state index contributed by atoms with van der Waals surface area (Å²) < 4.78 is 0. The van der Waals surface area contributed by atoms with Crippen LogP contribution >= 0.6 is 0 Å². The molecule has 1 heterocycles. The average Bonchev–Trinajstić information content (AvgIpc) is 2.43. The van der Waals surface area contributed by atoms with E-state index in [9.17, 15) is 0 Å². The van der Waals surface area contributed by atoms with Crippen molar-refractivity contribution in [1.29, 1.82) is 0 Å². The Morgan fingerprint density at radius 3 is 2.84 bits per heavy atom. The third-order valence-corrected chi connectivity index (χ3v) is 4.79. The molecular formula is C16H25N3. The second kappa shape index (κ2) is 5.51. The van der Waals surface area contributed by atoms with Gasteiger partial charge in [0.25, 0.3) is 0 Å². The molecule has 104 valence electrons. The van der Waals surface area contributed by atoms with Crippen LogP contribution < -0.4 is 11.1 Å². The Hall–Kier alpha value is -1.06. The summed E-state index contributed by atoms with van der Waals surface area (Å²) >= 11 is 0. The van der Waals surface area contributed by atoms with E-state index >= 15 is 0 Å². The zero-order chi connectivity index (χ0) is 13.1. The van der Waals surface area contributed by atoms with Crippen molar-refractivity contribution in [2.45, 2.75) is 44.2 Å². The van der Waals surface area contributed by atoms with Gasteiger partial charge in [-0.25, -0.2) is 0 Å². The standard InChI is InChI=1S/C16H25N3/c17-15-6-4-5-14(11-15)12-19-10-9-18-13-16(19)7-2-1-3-8-16/h4-6,11,18H,1-3,7-10,12-13,17H2. The topological polar surface area (TPSA) is 41.3 Å². The summed E-state index contributed by atoms with van der Waals surface area (Å²) in [5, 5.41) is 3.61. The number of nitrogens with two attached hydrogens (primary N) is 1. The van der Waals surface area contributed by atoms with E-state index in [0.29, 0.717) is 5.54 Å². The fourth-order valence-electron chi connectivity index (χ4n) is 3.75. The Balaban J connectivity index is 1.77. The molecule has 3 N–H and O–H groups in total. The van der Waals surface area contributed by atoms with E-state index in [-0.39, 0.29) is 0 Å². The second-order valence-electron chi connectivity index (χ2n) is 6.13. The van der Waals surface area contributed by atoms with Gasteiger partial charge in [0.1, 0.15) is 0 Å². The van der Waals surface area contributed by atoms with E-state index in [1.165, 1.54) is 37.7 Å². The lowest BCUT2D eigenvalue weighted by molar-refractivity contribution is 0.0209. The van der Waals surface area contributed by atoms with Gasteiger partial charge in [0.15, 0.2) is 0 Å². The Labute approximate surface area is 116 Å². The van der Waals surface area contributed by atoms with E-state index in [2.05, 4.69) is 28.4 Å². The molecule has 1 aliphatic carbocycles. The quantitative estimate of drug-likeness (QED) is 0.801. The van der Waals surface area contributed by atoms with Crippen LogP contribution in [0.4, 0.5) is 5.69 Å². The summed E-state index contributed by atoms with van der Waals surface area (Å²) in [6.45, 7) is 4.49. The molecule has 0 atom stereocenters. The van der Waals surface area contributed by atoms with Crippen molar-refractivity contribution >= 4 is 5.69 Å². The summed E-state index contributed by atoms with van der Waals surface area (Å²) in [6.07, 6.45) is 6.88. The van der Waals surface area contributed by atoms with Gasteiger partial charge in [-0.05, 0) is 30.5 Å². The molecular weight excluding hydrogens is 234 g/mol. The lowest BCUT2D eigenvalue weighted by atomic mass is 9.79. The van der Waals surface area contributed by atoms with Crippen molar-refractivity contribution in [3.63, 3.8) is 0 Å². The van der Waals surface area contributed by atoms with Gasteiger partial charge in [0.05, 0.1) is 0 Å². The number of hydrogen-bond donors (Lipinski definition) is 2. The van der Waals surface area contributed by atoms with Crippen LogP contribution in [-0.4, -0.2) is 30.1 Å². The van der Waals surface area contributed by atoms with E-state index in [1.807, 2.05) is 6.07 Å². The minimum Gasteiger partial charge on any atom is -0.399 e. The molecule has 0 aromatic heterocycles. The van der Waals surface area contributed by atoms with Crippen molar-refractivity contribution in [1.82, 2.24) is 10.2 Å². The number of rotatable bonds is 2. The lowest BCUT2D eigenvalue weighted by Crippen LogP contribution is -2.61. The van der Waals surface area contributed by atoms with Crippen LogP contribution in [0.25, 0.3) is 0 Å². The van der Waals surface area contributed by atoms with Crippen LogP contribution in [0.1, 0.15) is 37.7 Å². The molecule has 0 radical (unpaired) electrons. The first-order valence-corrected chi connectivity index (χ1v) is 7.59. The van der Waals surface area contributed by atoms with Crippen LogP contribution in [0.2, 0.25) is 0 Å². The molecule has 1 spiro atoms. The first kappa shape index (κ1) is 12.9. The predicted molar refractivity (Wildman–Crippen MR) is 80.0 cm³/mol. The summed E-state index contributed by atoms with van der Waals surface area (Å²) in [5.74, 6) is 0. The van der Waals surface area contributed by atoms with Crippen LogP contribution in [0.5, 0.6) is 0 Å². The third-order valence-electron chi connectivity index (χ3n) is 4.79. The van der Waals surface area contributed by atoms with Crippen molar-refractivity contribution in [3.8, 4) is 0 Å². The van der Waals surface area contributed by atoms with Gasteiger partial charge in [-0.1, -0.05) is 31.4 Å². The molecule has 3 heteroatoms. The molecule has 1 aliphatic heterocycles. The summed E-state index contributed by atoms with van der Waals surface area (Å²) in [5.41, 5.74) is 8.54. The van der Waals surface area contributed by atoms with Gasteiger partial charge >= 0.3 is 0 Å². The normalized spacial score (nSPS) is 23.6. The average molecular weight is 259 g/mol. The molecule has 0 amide bonds. The first-order valence-electron chi connectivity index (χ1n) is 7.59. The lowest BCUT2D eigenvalue weighted by Gasteiger charge is -2.50. The predicted octanol–water partition coefficient (Wildman–Crippen LogP) is 2.38. The fourth-order valence-corrected chi connectivity index (χ4v) is 3.75. The minimum absolute atomic E-state index is 0.404. The van der Waals surface area contributed by atoms with Crippen molar-refractivity contribution in [2.24, 2.45) is 0 Å². The molecule has 19 heavy (non-hydrogen) atoms. The van der Waals surface area contributed by atoms with Crippen LogP contribution in [0.3, 0.4) is 0 Å². The molecule has 1 saturated heterocycles. The molecule has 0 bridgehead atoms. The number of hydrogen-bond acceptors (Lipinski definition) is 3. The Kier molecular flexibility index (Phi) is 3.76. The minimum atomic E-state index is 0.404. The summed E-state index contributed by atoms with van der Waals surface area (Å²) in [6, 6.07) is 8.37. The largest absolute Gasteiger partial charge is 0.399 e. The maximum absolute atomic E-state index is 5.90. The van der Waals surface area contributed by atoms with Crippen LogP contribution in [0.15, 0.2) is 24.3 Å². The highest BCUT2D eigenvalue weighted by Crippen LogP contribution is 2.35. The molecule has 0 unspecified atom stereocenters. The van der Waals surface area contributed by atoms with Gasteiger partial charge in [-0.3, -0.25) is 4.90 Å². The highest BCUT2D eigenvalue weighted by atomic mass is 15.3. The number of nitrogen functional groups attached to an aromatic ring is 1. The zero-order valence-corrected chi connectivity index (χ0v) is 11.7. The Morgan fingerprint density at radius 1 is 1.21 bits per heavy atom. The Bertz CT molecular complexity index is 415. The highest BCUT2D eigenvalue weighted by molar-refractivity contribution is 5.40. The van der Waals surface area contributed by atoms with Gasteiger partial charge < -0.3 is 11.1 Å². The summed E-state index contributed by atoms with van der Waals surface area (Å²) in [7, 11) is 0. The first-order chi connectivity index (χ1) is 9.28. The monoisotopic (exact) mass is 259 g/mol. The zero-order valence-electron chi connectivity index (χ0n) is 11.7. The van der Waals surface area contributed by atoms with Crippen LogP contribution in [0, 0.1) is 0 Å². The molecule has 2 aliphatic rings. The number of nitrogens with zero attached hydrogens (tertiary/aromatic N) is 1. The maximum Gasteiger partial charge on any atom is 0.0338 e. The van der Waals surface area contributed by atoms with Gasteiger partial charge in [-0.15, -0.1) is 0 Å². The Morgan fingerprint density at radius 2 is 2.05 bits per heavy atom. The SMILES string of the molecule is Nc1cccc(CN2CCNCC23CCCCC3)c1. The van der Waals surface area contributed by atoms with Crippen molar-refractivity contribution < 1.29 is 0 Å². The van der Waals surface area contributed by atoms with Crippen molar-refractivity contribution in [2.75, 3.05) is 25.4 Å². The fraction of sp³-hybridized carbons (Fsp3) is 0.625. The molecule has 2 fully saturated rings. The van der Waals surface area contributed by atoms with Gasteiger partial charge in [-0.2, -0.15) is 0 Å². The van der Waals surface area contributed by atoms with E-state index in [4.69, 9.17) is 5.73 Å². The number of anilines is 1. The second-order valence-corrected chi connectivity index (χ2v) is 6.13. The smallest absolute Gasteiger partial charge is 0.0338 e. The van der Waals surface area contributed by atoms with Gasteiger partial charge in [0, 0.05) is 37.4 Å². The number of piperazine rings is 1. The third kappa shape index (κ3) is 2.77. The van der Waals surface area contributed by atoms with Crippen LogP contribution in [-0.2, 0) is 6.54 Å². The van der Waals surface area contributed by atoms with E-state index in [1.54, 1.807) is 0 Å². The number of nitrogens with one attached hydrogen (secondary N) is 1.